The summed E-state index contributed by atoms with van der Waals surface area (Å²) in [5.74, 6) is -0.235. The molecule has 2 N–H and O–H groups in total. The molecule has 0 spiro atoms. The lowest BCUT2D eigenvalue weighted by atomic mass is 10.1. The summed E-state index contributed by atoms with van der Waals surface area (Å²) >= 11 is 0. The number of likely N-dealkylation sites (N-methyl/N-ethyl adjacent to an activating group) is 1. The average Bonchev–Trinajstić information content (AvgIpc) is 2.38. The highest BCUT2D eigenvalue weighted by Crippen LogP contribution is 2.15. The van der Waals surface area contributed by atoms with Gasteiger partial charge in [0.2, 0.25) is 0 Å². The summed E-state index contributed by atoms with van der Waals surface area (Å²) in [4.78, 5) is 11.2. The van der Waals surface area contributed by atoms with Crippen LogP contribution in [-0.4, -0.2) is 30.0 Å². The molecule has 0 radical (unpaired) electrons. The van der Waals surface area contributed by atoms with Crippen molar-refractivity contribution in [1.82, 2.24) is 0 Å². The Hall–Kier alpha value is -1.32. The molecule has 0 aliphatic heterocycles. The molecule has 1 amide bonds. The van der Waals surface area contributed by atoms with Crippen LogP contribution in [0.2, 0.25) is 0 Å². The zero-order valence-corrected chi connectivity index (χ0v) is 12.5. The van der Waals surface area contributed by atoms with E-state index in [1.165, 1.54) is 5.56 Å². The highest BCUT2D eigenvalue weighted by atomic mass is 35.5. The molecular weight excluding hydrogens is 260 g/mol. The van der Waals surface area contributed by atoms with Crippen LogP contribution in [0.15, 0.2) is 30.8 Å². The quantitative estimate of drug-likeness (QED) is 0.652. The average molecular weight is 283 g/mol. The second-order valence-corrected chi connectivity index (χ2v) is 4.70. The number of halogens is 1. The number of quaternary nitrogens is 1. The fraction of sp³-hybridized carbons (Fsp3) is 0.400. The monoisotopic (exact) mass is 282 g/mol. The van der Waals surface area contributed by atoms with Crippen LogP contribution >= 0.6 is 0 Å². The third-order valence-corrected chi connectivity index (χ3v) is 3.57. The third kappa shape index (κ3) is 5.05. The van der Waals surface area contributed by atoms with E-state index in [0.29, 0.717) is 11.0 Å². The van der Waals surface area contributed by atoms with E-state index in [1.54, 1.807) is 0 Å². The van der Waals surface area contributed by atoms with Crippen LogP contribution in [0.5, 0.6) is 0 Å². The Morgan fingerprint density at radius 1 is 1.26 bits per heavy atom. The van der Waals surface area contributed by atoms with E-state index in [4.69, 9.17) is 5.73 Å². The molecule has 0 heterocycles. The molecule has 1 aromatic carbocycles. The molecule has 1 rings (SSSR count). The van der Waals surface area contributed by atoms with Gasteiger partial charge in [-0.15, -0.1) is 0 Å². The normalized spacial score (nSPS) is 10.6. The summed E-state index contributed by atoms with van der Waals surface area (Å²) < 4.78 is 0.711. The van der Waals surface area contributed by atoms with Gasteiger partial charge in [0.15, 0.2) is 6.54 Å². The van der Waals surface area contributed by atoms with Crippen molar-refractivity contribution < 1.29 is 21.7 Å². The summed E-state index contributed by atoms with van der Waals surface area (Å²) in [6.45, 7) is 11.0. The predicted octanol–water partition coefficient (Wildman–Crippen LogP) is -0.824. The highest BCUT2D eigenvalue weighted by Gasteiger charge is 2.25. The zero-order valence-electron chi connectivity index (χ0n) is 11.7. The molecule has 3 nitrogen and oxygen atoms in total. The van der Waals surface area contributed by atoms with Crippen molar-refractivity contribution in [2.24, 2.45) is 5.73 Å². The molecule has 0 aliphatic carbocycles. The molecule has 0 unspecified atom stereocenters. The van der Waals surface area contributed by atoms with Crippen LogP contribution in [0.1, 0.15) is 25.0 Å². The smallest absolute Gasteiger partial charge is 0.272 e. The summed E-state index contributed by atoms with van der Waals surface area (Å²) in [6.07, 6.45) is 1.83. The minimum atomic E-state index is -0.235. The first kappa shape index (κ1) is 17.7. The van der Waals surface area contributed by atoms with Gasteiger partial charge in [-0.25, -0.2) is 0 Å². The fourth-order valence-electron chi connectivity index (χ4n) is 2.20. The Balaban J connectivity index is 0.00000324. The van der Waals surface area contributed by atoms with Crippen LogP contribution < -0.4 is 18.1 Å². The number of nitrogens with zero attached hydrogens (tertiary/aromatic N) is 1. The number of carbonyl (C=O) groups is 1. The maximum absolute atomic E-state index is 11.2. The molecule has 0 saturated carbocycles. The van der Waals surface area contributed by atoms with Crippen LogP contribution in [0, 0.1) is 0 Å². The number of hydrogen-bond donors (Lipinski definition) is 1. The van der Waals surface area contributed by atoms with E-state index in [0.717, 1.165) is 25.2 Å². The van der Waals surface area contributed by atoms with Crippen LogP contribution in [0.25, 0.3) is 6.08 Å². The van der Waals surface area contributed by atoms with Gasteiger partial charge in [-0.05, 0) is 19.4 Å². The summed E-state index contributed by atoms with van der Waals surface area (Å²) in [6, 6.07) is 8.28. The van der Waals surface area contributed by atoms with Crippen molar-refractivity contribution >= 4 is 12.0 Å². The topological polar surface area (TPSA) is 43.1 Å². The molecule has 0 fully saturated rings. The second kappa shape index (κ2) is 7.97. The van der Waals surface area contributed by atoms with E-state index < -0.39 is 0 Å². The Morgan fingerprint density at radius 2 is 1.79 bits per heavy atom. The van der Waals surface area contributed by atoms with Crippen molar-refractivity contribution in [2.45, 2.75) is 20.4 Å². The van der Waals surface area contributed by atoms with Gasteiger partial charge in [0.25, 0.3) is 5.91 Å². The highest BCUT2D eigenvalue weighted by molar-refractivity contribution is 5.74. The largest absolute Gasteiger partial charge is 1.00 e. The van der Waals surface area contributed by atoms with Crippen LogP contribution in [0.4, 0.5) is 0 Å². The first-order chi connectivity index (χ1) is 8.55. The van der Waals surface area contributed by atoms with Crippen molar-refractivity contribution in [2.75, 3.05) is 19.6 Å². The molecule has 0 bridgehead atoms. The minimum Gasteiger partial charge on any atom is -1.00 e. The lowest BCUT2D eigenvalue weighted by molar-refractivity contribution is -0.930. The van der Waals surface area contributed by atoms with Crippen molar-refractivity contribution in [3.63, 3.8) is 0 Å². The van der Waals surface area contributed by atoms with Crippen LogP contribution in [-0.2, 0) is 11.3 Å². The Morgan fingerprint density at radius 3 is 2.16 bits per heavy atom. The Bertz CT molecular complexity index is 411. The second-order valence-electron chi connectivity index (χ2n) is 4.70. The maximum Gasteiger partial charge on any atom is 0.272 e. The number of amides is 1. The van der Waals surface area contributed by atoms with Gasteiger partial charge in [0.1, 0.15) is 6.54 Å². The van der Waals surface area contributed by atoms with E-state index in [-0.39, 0.29) is 18.3 Å². The lowest BCUT2D eigenvalue weighted by Gasteiger charge is -2.35. The first-order valence-electron chi connectivity index (χ1n) is 6.40. The lowest BCUT2D eigenvalue weighted by Crippen LogP contribution is -3.00. The fourth-order valence-corrected chi connectivity index (χ4v) is 2.20. The van der Waals surface area contributed by atoms with Gasteiger partial charge in [0, 0.05) is 5.56 Å². The number of carbonyl (C=O) groups excluding carboxylic acids is 1. The maximum atomic E-state index is 11.2. The van der Waals surface area contributed by atoms with Gasteiger partial charge in [-0.1, -0.05) is 36.9 Å². The Labute approximate surface area is 122 Å². The number of rotatable bonds is 7. The minimum absolute atomic E-state index is 0. The third-order valence-electron chi connectivity index (χ3n) is 3.57. The van der Waals surface area contributed by atoms with Crippen molar-refractivity contribution in [1.29, 1.82) is 0 Å². The Kier molecular flexibility index (Phi) is 7.42. The van der Waals surface area contributed by atoms with Crippen LogP contribution in [0.3, 0.4) is 0 Å². The molecule has 19 heavy (non-hydrogen) atoms. The van der Waals surface area contributed by atoms with E-state index in [9.17, 15) is 4.79 Å². The van der Waals surface area contributed by atoms with Gasteiger partial charge in [0.05, 0.1) is 13.1 Å². The number of nitrogens with two attached hydrogens (primary N) is 1. The summed E-state index contributed by atoms with van der Waals surface area (Å²) in [5, 5.41) is 0. The molecule has 106 valence electrons. The SMILES string of the molecule is C=Cc1ccc(C[N+](CC)(CC)CC(N)=O)cc1.[Cl-]. The molecule has 0 aromatic heterocycles. The van der Waals surface area contributed by atoms with Crippen molar-refractivity contribution in [3.05, 3.63) is 42.0 Å². The molecule has 0 saturated heterocycles. The van der Waals surface area contributed by atoms with Gasteiger partial charge in [-0.2, -0.15) is 0 Å². The van der Waals surface area contributed by atoms with E-state index in [1.807, 2.05) is 18.2 Å². The zero-order chi connectivity index (χ0) is 13.6. The standard InChI is InChI=1S/C15H22N2O.ClH/c1-4-13-7-9-14(10-8-13)11-17(5-2,6-3)12-15(16)18;/h4,7-10H,1,5-6,11-12H2,2-3H3,(H-,16,18);1H. The van der Waals surface area contributed by atoms with E-state index in [2.05, 4.69) is 32.6 Å². The summed E-state index contributed by atoms with van der Waals surface area (Å²) in [5.41, 5.74) is 7.70. The molecule has 4 heteroatoms. The number of hydrogen-bond acceptors (Lipinski definition) is 1. The van der Waals surface area contributed by atoms with Crippen molar-refractivity contribution in [3.8, 4) is 0 Å². The molecule has 0 aliphatic rings. The molecular formula is C15H23ClN2O. The molecule has 0 atom stereocenters. The predicted molar refractivity (Wildman–Crippen MR) is 75.6 cm³/mol. The van der Waals surface area contributed by atoms with Gasteiger partial charge in [-0.3, -0.25) is 4.79 Å². The summed E-state index contributed by atoms with van der Waals surface area (Å²) in [7, 11) is 0. The number of benzene rings is 1. The van der Waals surface area contributed by atoms with Gasteiger partial charge >= 0.3 is 0 Å². The van der Waals surface area contributed by atoms with Gasteiger partial charge < -0.3 is 22.6 Å². The first-order valence-corrected chi connectivity index (χ1v) is 6.40. The van der Waals surface area contributed by atoms with E-state index >= 15 is 0 Å². The molecule has 1 aromatic rings. The number of primary amides is 1.